The Bertz CT molecular complexity index is 1610. The third kappa shape index (κ3) is 5.68. The average molecular weight is 667 g/mol. The number of ether oxygens (including phenoxy) is 1. The van der Waals surface area contributed by atoms with Crippen molar-refractivity contribution >= 4 is 15.7 Å². The highest BCUT2D eigenvalue weighted by Gasteiger charge is 2.73. The number of benzene rings is 2. The first-order valence-electron chi connectivity index (χ1n) is 13.7. The molecule has 0 N–H and O–H groups in total. The maximum atomic E-state index is 14.7. The summed E-state index contributed by atoms with van der Waals surface area (Å²) in [5.41, 5.74) is -7.55. The van der Waals surface area contributed by atoms with Gasteiger partial charge in [0.15, 0.2) is 15.5 Å². The topological polar surface area (TPSA) is 94.4 Å². The number of nitrogens with zero attached hydrogens (tertiary/aromatic N) is 4. The van der Waals surface area contributed by atoms with Crippen LogP contribution >= 0.6 is 0 Å². The summed E-state index contributed by atoms with van der Waals surface area (Å²) in [4.78, 5) is 14.0. The predicted molar refractivity (Wildman–Crippen MR) is 141 cm³/mol. The van der Waals surface area contributed by atoms with E-state index in [9.17, 15) is 48.3 Å². The van der Waals surface area contributed by atoms with E-state index in [4.69, 9.17) is 4.74 Å². The van der Waals surface area contributed by atoms with Crippen molar-refractivity contribution in [2.45, 2.75) is 59.4 Å². The van der Waals surface area contributed by atoms with Gasteiger partial charge in [-0.15, -0.1) is 5.10 Å². The van der Waals surface area contributed by atoms with Crippen LogP contribution in [0, 0.1) is 5.82 Å². The number of sulfone groups is 1. The molecule has 0 radical (unpaired) electrons. The number of morpholine rings is 1. The number of alkyl halides is 7. The molecular weight excluding hydrogens is 640 g/mol. The van der Waals surface area contributed by atoms with Gasteiger partial charge in [-0.05, 0) is 55.5 Å². The predicted octanol–water partition coefficient (Wildman–Crippen LogP) is 5.66. The van der Waals surface area contributed by atoms with Gasteiger partial charge >= 0.3 is 18.0 Å². The minimum Gasteiger partial charge on any atom is -0.378 e. The molecule has 1 aliphatic heterocycles. The number of hydrogen-bond acceptors (Lipinski definition) is 6. The largest absolute Gasteiger partial charge is 0.435 e. The molecule has 2 aliphatic rings. The van der Waals surface area contributed by atoms with Crippen LogP contribution in [-0.2, 0) is 25.0 Å². The number of rotatable bonds is 6. The zero-order valence-electron chi connectivity index (χ0n) is 23.3. The fraction of sp³-hybridized carbons (Fsp3) is 0.464. The highest BCUT2D eigenvalue weighted by Crippen LogP contribution is 2.54. The number of hydrogen-bond donors (Lipinski definition) is 0. The Hall–Kier alpha value is -3.60. The molecule has 1 aliphatic carbocycles. The van der Waals surface area contributed by atoms with E-state index in [0.717, 1.165) is 36.4 Å². The molecule has 1 saturated heterocycles. The first kappa shape index (κ1) is 32.8. The summed E-state index contributed by atoms with van der Waals surface area (Å²) in [6.45, 7) is 1.47. The van der Waals surface area contributed by atoms with Crippen LogP contribution in [0.3, 0.4) is 0 Å². The zero-order chi connectivity index (χ0) is 32.8. The molecule has 8 nitrogen and oxygen atoms in total. The number of aromatic nitrogens is 3. The highest BCUT2D eigenvalue weighted by molar-refractivity contribution is 7.92. The molecule has 45 heavy (non-hydrogen) atoms. The molecule has 2 fully saturated rings. The van der Waals surface area contributed by atoms with Gasteiger partial charge in [0.05, 0.1) is 30.3 Å². The fourth-order valence-electron chi connectivity index (χ4n) is 5.86. The standard InChI is InChI=1S/C28H26F8N4O4S/c29-20-5-7-22(8-6-20)45(42,43)25(18-1-3-19(4-2-18)26(30,27(31,32)33)28(34,35)36)11-9-21(10-12-25)40-17-23(37-38-40)24(41)39-13-15-44-16-14-39/h1-8,17,21H,9-16H2. The van der Waals surface area contributed by atoms with Crippen LogP contribution in [0.25, 0.3) is 0 Å². The van der Waals surface area contributed by atoms with Crippen molar-refractivity contribution < 1.29 is 53.1 Å². The van der Waals surface area contributed by atoms with Gasteiger partial charge in [0, 0.05) is 18.7 Å². The van der Waals surface area contributed by atoms with E-state index in [1.807, 2.05) is 0 Å². The van der Waals surface area contributed by atoms with Gasteiger partial charge < -0.3 is 9.64 Å². The SMILES string of the molecule is O=C(c1cn(C2CCC(c3ccc(C(F)(C(F)(F)F)C(F)(F)F)cc3)(S(=O)(=O)c3ccc(F)cc3)CC2)nn1)N1CCOCC1. The van der Waals surface area contributed by atoms with Crippen LogP contribution in [0.4, 0.5) is 35.1 Å². The van der Waals surface area contributed by atoms with E-state index in [-0.39, 0.29) is 59.9 Å². The van der Waals surface area contributed by atoms with Gasteiger partial charge in [0.25, 0.3) is 5.91 Å². The minimum absolute atomic E-state index is 0.0623. The summed E-state index contributed by atoms with van der Waals surface area (Å²) >= 11 is 0. The van der Waals surface area contributed by atoms with Crippen molar-refractivity contribution in [3.05, 3.63) is 77.4 Å². The lowest BCUT2D eigenvalue weighted by Gasteiger charge is -2.40. The van der Waals surface area contributed by atoms with Crippen LogP contribution < -0.4 is 0 Å². The van der Waals surface area contributed by atoms with Crippen molar-refractivity contribution in [1.29, 1.82) is 0 Å². The molecule has 1 aromatic heterocycles. The molecule has 17 heteroatoms. The summed E-state index contributed by atoms with van der Waals surface area (Å²) < 4.78 is 141. The van der Waals surface area contributed by atoms with Gasteiger partial charge in [0.1, 0.15) is 10.6 Å². The lowest BCUT2D eigenvalue weighted by atomic mass is 9.80. The summed E-state index contributed by atoms with van der Waals surface area (Å²) in [6, 6.07) is 5.42. The lowest BCUT2D eigenvalue weighted by molar-refractivity contribution is -0.348. The van der Waals surface area contributed by atoms with E-state index < -0.39 is 50.0 Å². The van der Waals surface area contributed by atoms with Crippen molar-refractivity contribution in [3.63, 3.8) is 0 Å². The van der Waals surface area contributed by atoms with E-state index in [2.05, 4.69) is 10.3 Å². The molecule has 2 aromatic carbocycles. The second-order valence-electron chi connectivity index (χ2n) is 10.9. The molecule has 0 atom stereocenters. The Morgan fingerprint density at radius 2 is 1.42 bits per heavy atom. The Balaban J connectivity index is 1.48. The fourth-order valence-corrected chi connectivity index (χ4v) is 8.02. The molecular formula is C28H26F8N4O4S. The smallest absolute Gasteiger partial charge is 0.378 e. The molecule has 3 aromatic rings. The van der Waals surface area contributed by atoms with Gasteiger partial charge in [-0.25, -0.2) is 21.9 Å². The van der Waals surface area contributed by atoms with Gasteiger partial charge in [-0.2, -0.15) is 26.3 Å². The maximum Gasteiger partial charge on any atom is 0.435 e. The average Bonchev–Trinajstić information content (AvgIpc) is 3.50. The third-order valence-corrected chi connectivity index (χ3v) is 11.0. The zero-order valence-corrected chi connectivity index (χ0v) is 24.1. The summed E-state index contributed by atoms with van der Waals surface area (Å²) in [6.07, 6.45) is -11.5. The summed E-state index contributed by atoms with van der Waals surface area (Å²) in [7, 11) is -4.45. The van der Waals surface area contributed by atoms with Crippen LogP contribution in [0.15, 0.2) is 59.6 Å². The Morgan fingerprint density at radius 1 is 0.867 bits per heavy atom. The van der Waals surface area contributed by atoms with E-state index in [0.29, 0.717) is 26.3 Å². The highest BCUT2D eigenvalue weighted by atomic mass is 32.2. The lowest BCUT2D eigenvalue weighted by Crippen LogP contribution is -2.50. The maximum absolute atomic E-state index is 14.7. The second kappa shape index (κ2) is 11.6. The summed E-state index contributed by atoms with van der Waals surface area (Å²) in [5.74, 6) is -1.10. The van der Waals surface area contributed by atoms with Crippen molar-refractivity contribution in [2.24, 2.45) is 0 Å². The number of halogens is 8. The van der Waals surface area contributed by atoms with Crippen LogP contribution in [0.2, 0.25) is 0 Å². The minimum atomic E-state index is -6.34. The molecule has 0 bridgehead atoms. The normalized spacial score (nSPS) is 22.0. The van der Waals surface area contributed by atoms with Gasteiger partial charge in [0.2, 0.25) is 0 Å². The van der Waals surface area contributed by atoms with E-state index in [1.54, 1.807) is 4.90 Å². The molecule has 1 saturated carbocycles. The summed E-state index contributed by atoms with van der Waals surface area (Å²) in [5, 5.41) is 7.98. The van der Waals surface area contributed by atoms with Crippen LogP contribution in [-0.4, -0.2) is 72.9 Å². The molecule has 5 rings (SSSR count). The molecule has 2 heterocycles. The number of amides is 1. The molecule has 0 unspecified atom stereocenters. The van der Waals surface area contributed by atoms with Crippen LogP contribution in [0.1, 0.15) is 53.3 Å². The molecule has 0 spiro atoms. The Morgan fingerprint density at radius 3 is 1.96 bits per heavy atom. The third-order valence-electron chi connectivity index (χ3n) is 8.39. The quantitative estimate of drug-likeness (QED) is 0.249. The Labute approximate surface area is 251 Å². The van der Waals surface area contributed by atoms with Crippen molar-refractivity contribution in [1.82, 2.24) is 19.9 Å². The Kier molecular flexibility index (Phi) is 8.48. The molecule has 244 valence electrons. The van der Waals surface area contributed by atoms with E-state index >= 15 is 0 Å². The first-order chi connectivity index (χ1) is 21.0. The van der Waals surface area contributed by atoms with Crippen molar-refractivity contribution in [2.75, 3.05) is 26.3 Å². The molecule has 1 amide bonds. The van der Waals surface area contributed by atoms with E-state index in [1.165, 1.54) is 10.9 Å². The van der Waals surface area contributed by atoms with Gasteiger partial charge in [-0.1, -0.05) is 29.5 Å². The van der Waals surface area contributed by atoms with Gasteiger partial charge in [-0.3, -0.25) is 4.79 Å². The van der Waals surface area contributed by atoms with Crippen LogP contribution in [0.5, 0.6) is 0 Å². The number of carbonyl (C=O) groups is 1. The first-order valence-corrected chi connectivity index (χ1v) is 15.2. The number of carbonyl (C=O) groups excluding carboxylic acids is 1. The second-order valence-corrected chi connectivity index (χ2v) is 13.2. The monoisotopic (exact) mass is 666 g/mol. The van der Waals surface area contributed by atoms with Crippen molar-refractivity contribution in [3.8, 4) is 0 Å².